The monoisotopic (exact) mass is 603 g/mol. The molecule has 0 spiro atoms. The van der Waals surface area contributed by atoms with Crippen molar-refractivity contribution in [1.82, 2.24) is 4.98 Å². The summed E-state index contributed by atoms with van der Waals surface area (Å²) in [5.41, 5.74) is 3.89. The van der Waals surface area contributed by atoms with Gasteiger partial charge in [0, 0.05) is 31.6 Å². The van der Waals surface area contributed by atoms with Gasteiger partial charge in [0.05, 0.1) is 12.1 Å². The number of hydrogen-bond donors (Lipinski definition) is 2. The van der Waals surface area contributed by atoms with E-state index in [1.165, 1.54) is 23.1 Å². The minimum Gasteiger partial charge on any atom is -0.326 e. The molecule has 1 aromatic heterocycles. The highest BCUT2D eigenvalue weighted by Crippen LogP contribution is 2.38. The molecular formula is C31H23Cl2N3O2S2. The summed E-state index contributed by atoms with van der Waals surface area (Å²) in [5, 5.41) is 8.96. The van der Waals surface area contributed by atoms with Gasteiger partial charge in [-0.05, 0) is 47.5 Å². The first-order valence-corrected chi connectivity index (χ1v) is 14.8. The Hall–Kier alpha value is -3.62. The minimum absolute atomic E-state index is 0.139. The third-order valence-electron chi connectivity index (χ3n) is 5.87. The fourth-order valence-corrected chi connectivity index (χ4v) is 6.13. The Morgan fingerprint density at radius 3 is 2.38 bits per heavy atom. The summed E-state index contributed by atoms with van der Waals surface area (Å²) in [5.74, 6) is -0.339. The van der Waals surface area contributed by atoms with Crippen molar-refractivity contribution in [3.8, 4) is 11.3 Å². The quantitative estimate of drug-likeness (QED) is 0.165. The van der Waals surface area contributed by atoms with Crippen LogP contribution in [0, 0.1) is 0 Å². The maximum Gasteiger partial charge on any atom is 0.244 e. The van der Waals surface area contributed by atoms with Crippen molar-refractivity contribution >= 4 is 68.9 Å². The molecule has 40 heavy (non-hydrogen) atoms. The molecule has 0 radical (unpaired) electrons. The summed E-state index contributed by atoms with van der Waals surface area (Å²) in [4.78, 5) is 31.6. The van der Waals surface area contributed by atoms with Crippen LogP contribution in [0.2, 0.25) is 10.0 Å². The van der Waals surface area contributed by atoms with Crippen LogP contribution in [-0.4, -0.2) is 16.8 Å². The van der Waals surface area contributed by atoms with Crippen LogP contribution in [0.15, 0.2) is 113 Å². The zero-order valence-corrected chi connectivity index (χ0v) is 24.2. The number of anilines is 2. The Labute approximate surface area is 250 Å². The Bertz CT molecular complexity index is 1630. The van der Waals surface area contributed by atoms with Crippen molar-refractivity contribution in [1.29, 1.82) is 0 Å². The number of nitrogens with one attached hydrogen (secondary N) is 2. The number of hydrogen-bond acceptors (Lipinski definition) is 5. The summed E-state index contributed by atoms with van der Waals surface area (Å²) in [6.07, 6.45) is 0.230. The minimum atomic E-state index is -0.547. The molecule has 0 bridgehead atoms. The molecule has 0 aliphatic carbocycles. The van der Waals surface area contributed by atoms with Crippen LogP contribution in [0.1, 0.15) is 16.4 Å². The van der Waals surface area contributed by atoms with E-state index in [0.717, 1.165) is 21.6 Å². The summed E-state index contributed by atoms with van der Waals surface area (Å²) in [6.45, 7) is 0. The van der Waals surface area contributed by atoms with E-state index in [4.69, 9.17) is 23.2 Å². The highest BCUT2D eigenvalue weighted by Gasteiger charge is 2.23. The van der Waals surface area contributed by atoms with Gasteiger partial charge in [-0.2, -0.15) is 0 Å². The van der Waals surface area contributed by atoms with Gasteiger partial charge in [0.15, 0.2) is 5.13 Å². The van der Waals surface area contributed by atoms with Crippen molar-refractivity contribution in [2.75, 3.05) is 10.6 Å². The van der Waals surface area contributed by atoms with Gasteiger partial charge in [-0.25, -0.2) is 4.98 Å². The topological polar surface area (TPSA) is 71.1 Å². The van der Waals surface area contributed by atoms with Crippen LogP contribution in [0.25, 0.3) is 11.3 Å². The third kappa shape index (κ3) is 7.31. The average molecular weight is 605 g/mol. The summed E-state index contributed by atoms with van der Waals surface area (Å²) in [6, 6.07) is 31.7. The molecule has 1 heterocycles. The van der Waals surface area contributed by atoms with Crippen molar-refractivity contribution in [3.63, 3.8) is 0 Å². The van der Waals surface area contributed by atoms with Gasteiger partial charge in [-0.3, -0.25) is 9.59 Å². The molecule has 5 rings (SSSR count). The molecule has 4 aromatic carbocycles. The molecule has 5 nitrogen and oxygen atoms in total. The van der Waals surface area contributed by atoms with Gasteiger partial charge in [0.1, 0.15) is 5.25 Å². The Morgan fingerprint density at radius 1 is 0.850 bits per heavy atom. The number of nitrogens with zero attached hydrogens (tertiary/aromatic N) is 1. The first kappa shape index (κ1) is 27.9. The molecule has 0 aliphatic rings. The molecule has 200 valence electrons. The van der Waals surface area contributed by atoms with E-state index in [1.807, 2.05) is 96.4 Å². The largest absolute Gasteiger partial charge is 0.326 e. The van der Waals surface area contributed by atoms with Gasteiger partial charge in [0.25, 0.3) is 0 Å². The lowest BCUT2D eigenvalue weighted by Gasteiger charge is -2.17. The SMILES string of the molecule is O=C(Cc1ccc(Cl)cc1)Nc1cccc(SC(C(=O)Nc2nc(-c3ccccc3Cl)cs2)c2ccccc2)c1. The Morgan fingerprint density at radius 2 is 1.60 bits per heavy atom. The first-order chi connectivity index (χ1) is 19.4. The van der Waals surface area contributed by atoms with Crippen molar-refractivity contribution < 1.29 is 9.59 Å². The number of rotatable bonds is 9. The second-order valence-electron chi connectivity index (χ2n) is 8.79. The number of benzene rings is 4. The average Bonchev–Trinajstić information content (AvgIpc) is 3.42. The highest BCUT2D eigenvalue weighted by atomic mass is 35.5. The normalized spacial score (nSPS) is 11.6. The predicted octanol–water partition coefficient (Wildman–Crippen LogP) is 8.77. The maximum atomic E-state index is 13.5. The second kappa shape index (κ2) is 13.2. The lowest BCUT2D eigenvalue weighted by molar-refractivity contribution is -0.116. The van der Waals surface area contributed by atoms with Crippen LogP contribution in [-0.2, 0) is 16.0 Å². The van der Waals surface area contributed by atoms with Gasteiger partial charge < -0.3 is 10.6 Å². The summed E-state index contributed by atoms with van der Waals surface area (Å²) < 4.78 is 0. The van der Waals surface area contributed by atoms with Crippen LogP contribution >= 0.6 is 46.3 Å². The highest BCUT2D eigenvalue weighted by molar-refractivity contribution is 8.00. The number of aromatic nitrogens is 1. The summed E-state index contributed by atoms with van der Waals surface area (Å²) in [7, 11) is 0. The lowest BCUT2D eigenvalue weighted by atomic mass is 10.1. The molecular weight excluding hydrogens is 581 g/mol. The van der Waals surface area contributed by atoms with Crippen molar-refractivity contribution in [3.05, 3.63) is 130 Å². The number of carbonyl (C=O) groups is 2. The zero-order valence-electron chi connectivity index (χ0n) is 21.0. The molecule has 2 N–H and O–H groups in total. The van der Waals surface area contributed by atoms with E-state index in [9.17, 15) is 9.59 Å². The number of carbonyl (C=O) groups excluding carboxylic acids is 2. The van der Waals surface area contributed by atoms with Crippen LogP contribution in [0.4, 0.5) is 10.8 Å². The van der Waals surface area contributed by atoms with E-state index >= 15 is 0 Å². The fraction of sp³-hybridized carbons (Fsp3) is 0.0645. The number of amides is 2. The molecule has 0 saturated carbocycles. The second-order valence-corrected chi connectivity index (χ2v) is 11.7. The maximum absolute atomic E-state index is 13.5. The Balaban J connectivity index is 1.30. The van der Waals surface area contributed by atoms with Gasteiger partial charge >= 0.3 is 0 Å². The zero-order chi connectivity index (χ0) is 27.9. The van der Waals surface area contributed by atoms with E-state index in [1.54, 1.807) is 12.1 Å². The lowest BCUT2D eigenvalue weighted by Crippen LogP contribution is -2.19. The number of halogens is 2. The van der Waals surface area contributed by atoms with Gasteiger partial charge in [-0.15, -0.1) is 23.1 Å². The molecule has 5 aromatic rings. The van der Waals surface area contributed by atoms with E-state index in [2.05, 4.69) is 15.6 Å². The van der Waals surface area contributed by atoms with Crippen molar-refractivity contribution in [2.24, 2.45) is 0 Å². The van der Waals surface area contributed by atoms with Crippen LogP contribution in [0.5, 0.6) is 0 Å². The predicted molar refractivity (Wildman–Crippen MR) is 166 cm³/mol. The van der Waals surface area contributed by atoms with Crippen molar-refractivity contribution in [2.45, 2.75) is 16.6 Å². The molecule has 0 fully saturated rings. The first-order valence-electron chi connectivity index (χ1n) is 12.3. The van der Waals surface area contributed by atoms with Gasteiger partial charge in [0.2, 0.25) is 11.8 Å². The Kier molecular flexibility index (Phi) is 9.19. The van der Waals surface area contributed by atoms with E-state index in [0.29, 0.717) is 26.6 Å². The van der Waals surface area contributed by atoms with E-state index < -0.39 is 5.25 Å². The molecule has 9 heteroatoms. The van der Waals surface area contributed by atoms with Crippen LogP contribution < -0.4 is 10.6 Å². The molecule has 2 amide bonds. The standard InChI is InChI=1S/C31H23Cl2N3O2S2/c32-22-15-13-20(14-16-22)17-28(37)34-23-9-6-10-24(18-23)40-29(21-7-2-1-3-8-21)30(38)36-31-35-27(19-39-31)25-11-4-5-12-26(25)33/h1-16,18-19,29H,17H2,(H,34,37)(H,35,36,38). The van der Waals surface area contributed by atoms with E-state index in [-0.39, 0.29) is 18.2 Å². The van der Waals surface area contributed by atoms with Gasteiger partial charge in [-0.1, -0.05) is 89.9 Å². The molecule has 1 unspecified atom stereocenters. The summed E-state index contributed by atoms with van der Waals surface area (Å²) >= 11 is 15.0. The molecule has 1 atom stereocenters. The smallest absolute Gasteiger partial charge is 0.244 e. The number of thioether (sulfide) groups is 1. The molecule has 0 aliphatic heterocycles. The fourth-order valence-electron chi connectivity index (χ4n) is 3.97. The third-order valence-corrected chi connectivity index (χ3v) is 8.46. The molecule has 0 saturated heterocycles. The van der Waals surface area contributed by atoms with Crippen LogP contribution in [0.3, 0.4) is 0 Å². The number of thiazole rings is 1.